The van der Waals surface area contributed by atoms with Gasteiger partial charge in [-0.05, 0) is 26.2 Å². The number of unbranched alkanes of at least 4 members (excludes halogenated alkanes) is 2. The minimum Gasteiger partial charge on any atom is -0.300 e. The van der Waals surface area contributed by atoms with Crippen LogP contribution in [0.15, 0.2) is 12.2 Å². The molecule has 0 N–H and O–H groups in total. The molecule has 0 aliphatic heterocycles. The van der Waals surface area contributed by atoms with Gasteiger partial charge >= 0.3 is 0 Å². The molecule has 0 saturated carbocycles. The average Bonchev–Trinajstić information content (AvgIpc) is 2.07. The summed E-state index contributed by atoms with van der Waals surface area (Å²) in [5, 5.41) is 0. The molecule has 0 rings (SSSR count). The van der Waals surface area contributed by atoms with Gasteiger partial charge in [-0.25, -0.2) is 0 Å². The smallest absolute Gasteiger partial charge is 0.264 e. The van der Waals surface area contributed by atoms with Crippen molar-refractivity contribution in [2.24, 2.45) is 0 Å². The third kappa shape index (κ3) is 13.3. The summed E-state index contributed by atoms with van der Waals surface area (Å²) < 4.78 is 25.6. The van der Waals surface area contributed by atoms with Crippen molar-refractivity contribution in [2.75, 3.05) is 12.9 Å². The Balaban J connectivity index is 3.36. The Kier molecular flexibility index (Phi) is 7.25. The van der Waals surface area contributed by atoms with Crippen LogP contribution in [-0.2, 0) is 19.1 Å². The van der Waals surface area contributed by atoms with Gasteiger partial charge in [0, 0.05) is 6.42 Å². The maximum Gasteiger partial charge on any atom is 0.264 e. The molecule has 0 spiro atoms. The number of ketones is 1. The Bertz CT molecular complexity index is 303. The summed E-state index contributed by atoms with van der Waals surface area (Å²) >= 11 is 0. The first kappa shape index (κ1) is 14.3. The molecule has 4 nitrogen and oxygen atoms in total. The molecule has 0 bridgehead atoms. The van der Waals surface area contributed by atoms with Gasteiger partial charge in [-0.2, -0.15) is 8.42 Å². The standard InChI is InChI=1S/C10H18O4S/c1-10(11)8-6-4-3-5-7-9-14-15(2,12)13/h5,7H,3-4,6,8-9H2,1-2H3. The zero-order valence-corrected chi connectivity index (χ0v) is 10.0. The Morgan fingerprint density at radius 1 is 1.27 bits per heavy atom. The van der Waals surface area contributed by atoms with Crippen LogP contribution in [0.25, 0.3) is 0 Å². The Morgan fingerprint density at radius 2 is 1.93 bits per heavy atom. The maximum absolute atomic E-state index is 10.6. The summed E-state index contributed by atoms with van der Waals surface area (Å²) in [6, 6.07) is 0. The molecule has 0 aromatic heterocycles. The lowest BCUT2D eigenvalue weighted by Gasteiger charge is -1.95. The number of hydrogen-bond donors (Lipinski definition) is 0. The second-order valence-corrected chi connectivity index (χ2v) is 5.05. The Morgan fingerprint density at radius 3 is 2.47 bits per heavy atom. The van der Waals surface area contributed by atoms with Crippen LogP contribution in [0.3, 0.4) is 0 Å². The van der Waals surface area contributed by atoms with E-state index < -0.39 is 10.1 Å². The highest BCUT2D eigenvalue weighted by atomic mass is 32.2. The first-order valence-corrected chi connectivity index (χ1v) is 6.72. The molecule has 5 heteroatoms. The number of carbonyl (C=O) groups is 1. The third-order valence-electron chi connectivity index (χ3n) is 1.69. The van der Waals surface area contributed by atoms with E-state index in [0.29, 0.717) is 6.42 Å². The summed E-state index contributed by atoms with van der Waals surface area (Å²) in [6.07, 6.45) is 7.85. The molecular weight excluding hydrogens is 216 g/mol. The highest BCUT2D eigenvalue weighted by Gasteiger charge is 1.97. The van der Waals surface area contributed by atoms with Gasteiger partial charge in [0.15, 0.2) is 0 Å². The molecule has 0 unspecified atom stereocenters. The maximum atomic E-state index is 10.6. The quantitative estimate of drug-likeness (QED) is 0.364. The van der Waals surface area contributed by atoms with Crippen LogP contribution in [0.5, 0.6) is 0 Å². The first-order chi connectivity index (χ1) is 6.92. The molecular formula is C10H18O4S. The lowest BCUT2D eigenvalue weighted by molar-refractivity contribution is -0.117. The predicted molar refractivity (Wildman–Crippen MR) is 59.1 cm³/mol. The largest absolute Gasteiger partial charge is 0.300 e. The monoisotopic (exact) mass is 234 g/mol. The highest BCUT2D eigenvalue weighted by molar-refractivity contribution is 7.85. The van der Waals surface area contributed by atoms with Crippen molar-refractivity contribution in [3.8, 4) is 0 Å². The fourth-order valence-electron chi connectivity index (χ4n) is 0.985. The van der Waals surface area contributed by atoms with Gasteiger partial charge < -0.3 is 4.79 Å². The first-order valence-electron chi connectivity index (χ1n) is 4.90. The topological polar surface area (TPSA) is 60.4 Å². The molecule has 88 valence electrons. The Hall–Kier alpha value is -0.680. The van der Waals surface area contributed by atoms with Crippen molar-refractivity contribution in [3.63, 3.8) is 0 Å². The van der Waals surface area contributed by atoms with E-state index in [1.807, 2.05) is 6.08 Å². The van der Waals surface area contributed by atoms with Gasteiger partial charge in [-0.15, -0.1) is 0 Å². The van der Waals surface area contributed by atoms with Gasteiger partial charge in [-0.1, -0.05) is 12.2 Å². The van der Waals surface area contributed by atoms with Gasteiger partial charge in [-0.3, -0.25) is 4.18 Å². The summed E-state index contributed by atoms with van der Waals surface area (Å²) in [4.78, 5) is 10.6. The zero-order chi connectivity index (χ0) is 11.7. The fraction of sp³-hybridized carbons (Fsp3) is 0.700. The van der Waals surface area contributed by atoms with E-state index >= 15 is 0 Å². The minimum atomic E-state index is -3.33. The number of hydrogen-bond acceptors (Lipinski definition) is 4. The second-order valence-electron chi connectivity index (χ2n) is 3.41. The van der Waals surface area contributed by atoms with Crippen LogP contribution in [0, 0.1) is 0 Å². The summed E-state index contributed by atoms with van der Waals surface area (Å²) in [6.45, 7) is 1.67. The van der Waals surface area contributed by atoms with Crippen LogP contribution in [-0.4, -0.2) is 27.1 Å². The van der Waals surface area contributed by atoms with Crippen molar-refractivity contribution in [1.82, 2.24) is 0 Å². The van der Waals surface area contributed by atoms with Crippen LogP contribution in [0.2, 0.25) is 0 Å². The number of rotatable bonds is 8. The lowest BCUT2D eigenvalue weighted by atomic mass is 10.1. The molecule has 0 radical (unpaired) electrons. The van der Waals surface area contributed by atoms with Crippen molar-refractivity contribution >= 4 is 15.9 Å². The molecule has 0 aliphatic rings. The van der Waals surface area contributed by atoms with Crippen molar-refractivity contribution in [1.29, 1.82) is 0 Å². The van der Waals surface area contributed by atoms with E-state index in [-0.39, 0.29) is 12.4 Å². The van der Waals surface area contributed by atoms with Gasteiger partial charge in [0.2, 0.25) is 0 Å². The van der Waals surface area contributed by atoms with Crippen LogP contribution < -0.4 is 0 Å². The molecule has 0 saturated heterocycles. The second kappa shape index (κ2) is 7.59. The predicted octanol–water partition coefficient (Wildman–Crippen LogP) is 1.67. The van der Waals surface area contributed by atoms with Gasteiger partial charge in [0.1, 0.15) is 5.78 Å². The van der Waals surface area contributed by atoms with E-state index in [0.717, 1.165) is 25.5 Å². The summed E-state index contributed by atoms with van der Waals surface area (Å²) in [5.74, 6) is 0.208. The normalized spacial score (nSPS) is 12.1. The molecule has 0 aromatic carbocycles. The van der Waals surface area contributed by atoms with E-state index in [1.165, 1.54) is 0 Å². The number of carbonyl (C=O) groups excluding carboxylic acids is 1. The van der Waals surface area contributed by atoms with Gasteiger partial charge in [0.05, 0.1) is 12.9 Å². The molecule has 0 amide bonds. The minimum absolute atomic E-state index is 0.0888. The van der Waals surface area contributed by atoms with Crippen LogP contribution >= 0.6 is 0 Å². The molecule has 0 aromatic rings. The SMILES string of the molecule is CC(=O)CCCCC=CCOS(C)(=O)=O. The molecule has 0 atom stereocenters. The number of allylic oxidation sites excluding steroid dienone is 1. The van der Waals surface area contributed by atoms with E-state index in [1.54, 1.807) is 13.0 Å². The highest BCUT2D eigenvalue weighted by Crippen LogP contribution is 2.01. The average molecular weight is 234 g/mol. The molecule has 15 heavy (non-hydrogen) atoms. The van der Waals surface area contributed by atoms with Crippen molar-refractivity contribution in [2.45, 2.75) is 32.6 Å². The summed E-state index contributed by atoms with van der Waals surface area (Å²) in [7, 11) is -3.33. The molecule has 0 aliphatic carbocycles. The fourth-order valence-corrected chi connectivity index (χ4v) is 1.31. The van der Waals surface area contributed by atoms with Crippen LogP contribution in [0.4, 0.5) is 0 Å². The van der Waals surface area contributed by atoms with Crippen molar-refractivity contribution < 1.29 is 17.4 Å². The lowest BCUT2D eigenvalue weighted by Crippen LogP contribution is -2.01. The van der Waals surface area contributed by atoms with E-state index in [9.17, 15) is 13.2 Å². The number of Topliss-reactive ketones (excluding diaryl/α,β-unsaturated/α-hetero) is 1. The van der Waals surface area contributed by atoms with Gasteiger partial charge in [0.25, 0.3) is 10.1 Å². The Labute approximate surface area is 91.4 Å². The van der Waals surface area contributed by atoms with E-state index in [4.69, 9.17) is 0 Å². The third-order valence-corrected chi connectivity index (χ3v) is 2.26. The molecule has 0 fully saturated rings. The van der Waals surface area contributed by atoms with Crippen LogP contribution in [0.1, 0.15) is 32.6 Å². The summed E-state index contributed by atoms with van der Waals surface area (Å²) in [5.41, 5.74) is 0. The van der Waals surface area contributed by atoms with Crippen molar-refractivity contribution in [3.05, 3.63) is 12.2 Å². The van der Waals surface area contributed by atoms with E-state index in [2.05, 4.69) is 4.18 Å². The molecule has 0 heterocycles. The zero-order valence-electron chi connectivity index (χ0n) is 9.23.